The Bertz CT molecular complexity index is 591. The Hall–Kier alpha value is -2.13. The Morgan fingerprint density at radius 3 is 2.76 bits per heavy atom. The molecule has 0 amide bonds. The van der Waals surface area contributed by atoms with Crippen molar-refractivity contribution in [2.75, 3.05) is 12.0 Å². The van der Waals surface area contributed by atoms with Crippen LogP contribution in [0.5, 0.6) is 0 Å². The van der Waals surface area contributed by atoms with Gasteiger partial charge in [0.2, 0.25) is 0 Å². The maximum absolute atomic E-state index is 8.79. The van der Waals surface area contributed by atoms with Crippen molar-refractivity contribution in [3.63, 3.8) is 0 Å². The van der Waals surface area contributed by atoms with Gasteiger partial charge in [0.25, 0.3) is 0 Å². The number of rotatable bonds is 2. The molecule has 0 aliphatic rings. The number of nitrogen functional groups attached to an aromatic ring is 1. The number of anilines is 1. The van der Waals surface area contributed by atoms with Crippen LogP contribution in [0.3, 0.4) is 0 Å². The van der Waals surface area contributed by atoms with Crippen LogP contribution in [0.1, 0.15) is 5.69 Å². The molecule has 0 aliphatic carbocycles. The monoisotopic (exact) mass is 243 g/mol. The van der Waals surface area contributed by atoms with Gasteiger partial charge in [0.1, 0.15) is 17.6 Å². The lowest BCUT2D eigenvalue weighted by Crippen LogP contribution is -1.98. The molecule has 0 unspecified atom stereocenters. The molecule has 2 heterocycles. The largest absolute Gasteiger partial charge is 0.384 e. The highest BCUT2D eigenvalue weighted by Gasteiger charge is 2.06. The van der Waals surface area contributed by atoms with E-state index in [-0.39, 0.29) is 0 Å². The van der Waals surface area contributed by atoms with Gasteiger partial charge in [-0.05, 0) is 18.4 Å². The third-order valence-electron chi connectivity index (χ3n) is 2.03. The molecule has 2 aromatic heterocycles. The van der Waals surface area contributed by atoms with E-state index in [0.29, 0.717) is 28.1 Å². The van der Waals surface area contributed by atoms with Crippen molar-refractivity contribution in [3.8, 4) is 17.5 Å². The van der Waals surface area contributed by atoms with Gasteiger partial charge in [0.05, 0.1) is 11.4 Å². The fourth-order valence-corrected chi connectivity index (χ4v) is 1.69. The van der Waals surface area contributed by atoms with Gasteiger partial charge in [0, 0.05) is 6.07 Å². The summed E-state index contributed by atoms with van der Waals surface area (Å²) in [6.45, 7) is 0. The minimum Gasteiger partial charge on any atom is -0.384 e. The molecule has 0 saturated carbocycles. The molecular weight excluding hydrogens is 234 g/mol. The number of aromatic nitrogens is 3. The molecule has 6 heteroatoms. The summed E-state index contributed by atoms with van der Waals surface area (Å²) in [5, 5.41) is 9.38. The van der Waals surface area contributed by atoms with Crippen molar-refractivity contribution < 1.29 is 0 Å². The molecule has 2 N–H and O–H groups in total. The molecular formula is C11H9N5S. The van der Waals surface area contributed by atoms with Crippen LogP contribution in [-0.4, -0.2) is 21.2 Å². The predicted octanol–water partition coefficient (Wildman–Crippen LogP) is 1.71. The van der Waals surface area contributed by atoms with Crippen LogP contribution >= 0.6 is 11.8 Å². The second kappa shape index (κ2) is 4.80. The lowest BCUT2D eigenvalue weighted by Gasteiger charge is -2.03. The van der Waals surface area contributed by atoms with E-state index < -0.39 is 0 Å². The first kappa shape index (κ1) is 11.4. The predicted molar refractivity (Wildman–Crippen MR) is 66.2 cm³/mol. The van der Waals surface area contributed by atoms with Crippen molar-refractivity contribution in [1.29, 1.82) is 5.26 Å². The van der Waals surface area contributed by atoms with E-state index in [9.17, 15) is 0 Å². The number of nitrogens with two attached hydrogens (primary N) is 1. The Morgan fingerprint density at radius 2 is 2.06 bits per heavy atom. The van der Waals surface area contributed by atoms with E-state index in [1.54, 1.807) is 24.3 Å². The van der Waals surface area contributed by atoms with Crippen LogP contribution in [0.4, 0.5) is 5.82 Å². The van der Waals surface area contributed by atoms with Crippen LogP contribution in [0.25, 0.3) is 11.4 Å². The summed E-state index contributed by atoms with van der Waals surface area (Å²) in [5.74, 6) is 0.392. The van der Waals surface area contributed by atoms with Crippen LogP contribution < -0.4 is 5.73 Å². The highest BCUT2D eigenvalue weighted by molar-refractivity contribution is 7.98. The van der Waals surface area contributed by atoms with Crippen molar-refractivity contribution in [3.05, 3.63) is 30.0 Å². The molecule has 0 aromatic carbocycles. The Morgan fingerprint density at radius 1 is 1.24 bits per heavy atom. The molecule has 5 nitrogen and oxygen atoms in total. The molecule has 17 heavy (non-hydrogen) atoms. The lowest BCUT2D eigenvalue weighted by atomic mass is 10.2. The summed E-state index contributed by atoms with van der Waals surface area (Å²) in [5.41, 5.74) is 7.28. The van der Waals surface area contributed by atoms with Gasteiger partial charge in [-0.15, -0.1) is 0 Å². The zero-order chi connectivity index (χ0) is 12.3. The van der Waals surface area contributed by atoms with Gasteiger partial charge in [-0.2, -0.15) is 5.26 Å². The van der Waals surface area contributed by atoms with Gasteiger partial charge in [0.15, 0.2) is 5.16 Å². The van der Waals surface area contributed by atoms with E-state index in [4.69, 9.17) is 11.0 Å². The fraction of sp³-hybridized carbons (Fsp3) is 0.0909. The number of hydrogen-bond acceptors (Lipinski definition) is 6. The lowest BCUT2D eigenvalue weighted by molar-refractivity contribution is 0.979. The summed E-state index contributed by atoms with van der Waals surface area (Å²) in [6, 6.07) is 8.82. The molecule has 0 bridgehead atoms. The smallest absolute Gasteiger partial charge is 0.189 e. The highest BCUT2D eigenvalue weighted by atomic mass is 32.2. The molecule has 2 aromatic rings. The van der Waals surface area contributed by atoms with E-state index in [1.165, 1.54) is 11.8 Å². The van der Waals surface area contributed by atoms with Gasteiger partial charge in [-0.3, -0.25) is 0 Å². The first-order chi connectivity index (χ1) is 8.22. The van der Waals surface area contributed by atoms with Crippen LogP contribution in [0.2, 0.25) is 0 Å². The summed E-state index contributed by atoms with van der Waals surface area (Å²) in [4.78, 5) is 12.5. The van der Waals surface area contributed by atoms with Crippen LogP contribution in [0, 0.1) is 11.3 Å². The fourth-order valence-electron chi connectivity index (χ4n) is 1.31. The second-order valence-corrected chi connectivity index (χ2v) is 3.96. The average molecular weight is 243 g/mol. The highest BCUT2D eigenvalue weighted by Crippen LogP contribution is 2.20. The number of thioether (sulfide) groups is 1. The molecule has 0 radical (unpaired) electrons. The first-order valence-corrected chi connectivity index (χ1v) is 6.01. The topological polar surface area (TPSA) is 88.5 Å². The van der Waals surface area contributed by atoms with Crippen molar-refractivity contribution >= 4 is 17.6 Å². The van der Waals surface area contributed by atoms with Crippen molar-refractivity contribution in [2.24, 2.45) is 0 Å². The molecule has 0 aliphatic heterocycles. The van der Waals surface area contributed by atoms with Crippen LogP contribution in [-0.2, 0) is 0 Å². The summed E-state index contributed by atoms with van der Waals surface area (Å²) in [7, 11) is 0. The van der Waals surface area contributed by atoms with Gasteiger partial charge in [-0.25, -0.2) is 15.0 Å². The number of nitrogens with zero attached hydrogens (tertiary/aromatic N) is 4. The zero-order valence-corrected chi connectivity index (χ0v) is 9.90. The standard InChI is InChI=1S/C11H9N5S/c1-17-11-15-9(5-10(13)16-11)8-4-2-3-7(6-12)14-8/h2-5H,1H3,(H2,13,15,16). The zero-order valence-electron chi connectivity index (χ0n) is 9.08. The molecule has 0 atom stereocenters. The Kier molecular flexibility index (Phi) is 3.21. The first-order valence-electron chi connectivity index (χ1n) is 4.79. The molecule has 0 spiro atoms. The third-order valence-corrected chi connectivity index (χ3v) is 2.58. The molecule has 2 rings (SSSR count). The molecule has 84 valence electrons. The van der Waals surface area contributed by atoms with E-state index >= 15 is 0 Å². The number of nitriles is 1. The molecule has 0 saturated heterocycles. The van der Waals surface area contributed by atoms with Gasteiger partial charge in [-0.1, -0.05) is 17.8 Å². The van der Waals surface area contributed by atoms with Crippen molar-refractivity contribution in [2.45, 2.75) is 5.16 Å². The summed E-state index contributed by atoms with van der Waals surface area (Å²) in [6.07, 6.45) is 1.87. The number of pyridine rings is 1. The van der Waals surface area contributed by atoms with Crippen LogP contribution in [0.15, 0.2) is 29.4 Å². The Balaban J connectivity index is 2.52. The van der Waals surface area contributed by atoms with E-state index in [2.05, 4.69) is 15.0 Å². The molecule has 0 fully saturated rings. The van der Waals surface area contributed by atoms with Crippen molar-refractivity contribution in [1.82, 2.24) is 15.0 Å². The van der Waals surface area contributed by atoms with Gasteiger partial charge >= 0.3 is 0 Å². The summed E-state index contributed by atoms with van der Waals surface area (Å²) >= 11 is 1.41. The normalized spacial score (nSPS) is 9.88. The number of hydrogen-bond donors (Lipinski definition) is 1. The second-order valence-electron chi connectivity index (χ2n) is 3.18. The minimum absolute atomic E-state index is 0.352. The SMILES string of the molecule is CSc1nc(N)cc(-c2cccc(C#N)n2)n1. The summed E-state index contributed by atoms with van der Waals surface area (Å²) < 4.78 is 0. The quantitative estimate of drug-likeness (QED) is 0.638. The minimum atomic E-state index is 0.352. The van der Waals surface area contributed by atoms with Gasteiger partial charge < -0.3 is 5.73 Å². The average Bonchev–Trinajstić information content (AvgIpc) is 2.38. The third kappa shape index (κ3) is 2.52. The maximum Gasteiger partial charge on any atom is 0.189 e. The Labute approximate surface area is 103 Å². The maximum atomic E-state index is 8.79. The van der Waals surface area contributed by atoms with E-state index in [1.807, 2.05) is 12.3 Å². The van der Waals surface area contributed by atoms with E-state index in [0.717, 1.165) is 0 Å².